The van der Waals surface area contributed by atoms with Gasteiger partial charge in [-0.05, 0) is 17.3 Å². The van der Waals surface area contributed by atoms with Crippen molar-refractivity contribution in [2.75, 3.05) is 0 Å². The maximum absolute atomic E-state index is 11.1. The van der Waals surface area contributed by atoms with Crippen molar-refractivity contribution in [1.82, 2.24) is 0 Å². The molecule has 0 aromatic rings. The van der Waals surface area contributed by atoms with Crippen LogP contribution in [0.25, 0.3) is 0 Å². The molecule has 2 aliphatic rings. The number of hydrogen-bond donors (Lipinski definition) is 0. The molecule has 2 unspecified atom stereocenters. The summed E-state index contributed by atoms with van der Waals surface area (Å²) in [6, 6.07) is 0. The van der Waals surface area contributed by atoms with Crippen molar-refractivity contribution in [3.8, 4) is 0 Å². The third-order valence-electron chi connectivity index (χ3n) is 2.26. The summed E-state index contributed by atoms with van der Waals surface area (Å²) in [7, 11) is 0. The second kappa shape index (κ2) is 2.69. The minimum absolute atomic E-state index is 0.223. The molecule has 2 rings (SSSR count). The molecule has 1 saturated heterocycles. The smallest absolute Gasteiger partial charge is 0.321 e. The number of ether oxygens (including phenoxy) is 1. The van der Waals surface area contributed by atoms with Gasteiger partial charge in [0.1, 0.15) is 0 Å². The number of hydrogen-bond acceptors (Lipinski definition) is 3. The highest BCUT2D eigenvalue weighted by molar-refractivity contribution is 9.11. The van der Waals surface area contributed by atoms with Crippen LogP contribution in [0.1, 0.15) is 12.8 Å². The highest BCUT2D eigenvalue weighted by atomic mass is 79.9. The number of halogens is 1. The molecule has 0 spiro atoms. The molecule has 0 aromatic carbocycles. The fourth-order valence-corrected chi connectivity index (χ4v) is 2.12. The van der Waals surface area contributed by atoms with E-state index in [1.165, 1.54) is 0 Å². The van der Waals surface area contributed by atoms with Crippen LogP contribution >= 0.6 is 15.9 Å². The summed E-state index contributed by atoms with van der Waals surface area (Å²) in [5.41, 5.74) is 0. The van der Waals surface area contributed by atoms with Crippen molar-refractivity contribution in [3.63, 3.8) is 0 Å². The summed E-state index contributed by atoms with van der Waals surface area (Å²) in [5, 5.41) is 0. The van der Waals surface area contributed by atoms with Gasteiger partial charge in [-0.1, -0.05) is 22.0 Å². The first-order chi connectivity index (χ1) is 5.68. The van der Waals surface area contributed by atoms with Crippen LogP contribution in [0.4, 0.5) is 0 Å². The average molecular weight is 231 g/mol. The lowest BCUT2D eigenvalue weighted by Gasteiger charge is -2.15. The van der Waals surface area contributed by atoms with Crippen LogP contribution in [-0.4, -0.2) is 11.9 Å². The Morgan fingerprint density at radius 3 is 2.92 bits per heavy atom. The highest BCUT2D eigenvalue weighted by Crippen LogP contribution is 2.36. The van der Waals surface area contributed by atoms with Gasteiger partial charge in [0.2, 0.25) is 0 Å². The molecule has 0 amide bonds. The fraction of sp³-hybridized carbons (Fsp3) is 0.500. The minimum atomic E-state index is -0.401. The lowest BCUT2D eigenvalue weighted by atomic mass is 9.86. The molecule has 64 valence electrons. The minimum Gasteiger partial charge on any atom is -0.392 e. The molecule has 12 heavy (non-hydrogen) atoms. The number of carbonyl (C=O) groups excluding carboxylic acids is 2. The molecule has 1 aliphatic carbocycles. The first kappa shape index (κ1) is 7.98. The molecule has 4 heteroatoms. The van der Waals surface area contributed by atoms with Gasteiger partial charge in [0.15, 0.2) is 0 Å². The number of rotatable bonds is 0. The van der Waals surface area contributed by atoms with Crippen LogP contribution in [0, 0.1) is 11.8 Å². The number of esters is 2. The van der Waals surface area contributed by atoms with Crippen molar-refractivity contribution in [1.29, 1.82) is 0 Å². The molecular weight excluding hydrogens is 224 g/mol. The normalized spacial score (nSPS) is 34.2. The van der Waals surface area contributed by atoms with Gasteiger partial charge in [0.05, 0.1) is 11.8 Å². The molecule has 1 heterocycles. The zero-order chi connectivity index (χ0) is 8.72. The molecule has 3 nitrogen and oxygen atoms in total. The van der Waals surface area contributed by atoms with E-state index in [0.29, 0.717) is 6.42 Å². The van der Waals surface area contributed by atoms with Gasteiger partial charge in [-0.25, -0.2) is 0 Å². The van der Waals surface area contributed by atoms with E-state index in [1.54, 1.807) is 6.08 Å². The van der Waals surface area contributed by atoms with Gasteiger partial charge >= 0.3 is 11.9 Å². The highest BCUT2D eigenvalue weighted by Gasteiger charge is 2.44. The molecule has 1 aliphatic heterocycles. The Balaban J connectivity index is 2.32. The van der Waals surface area contributed by atoms with E-state index >= 15 is 0 Å². The van der Waals surface area contributed by atoms with Crippen molar-refractivity contribution < 1.29 is 14.3 Å². The van der Waals surface area contributed by atoms with Crippen LogP contribution in [0.5, 0.6) is 0 Å². The van der Waals surface area contributed by atoms with E-state index < -0.39 is 5.97 Å². The SMILES string of the molecule is O=C1OC(=O)C2CCC(Br)=CC12. The fourth-order valence-electron chi connectivity index (χ4n) is 1.61. The molecule has 1 fully saturated rings. The summed E-state index contributed by atoms with van der Waals surface area (Å²) in [5.74, 6) is -1.32. The first-order valence-electron chi connectivity index (χ1n) is 3.80. The Kier molecular flexibility index (Phi) is 1.79. The Hall–Kier alpha value is -0.640. The molecule has 0 radical (unpaired) electrons. The van der Waals surface area contributed by atoms with Crippen molar-refractivity contribution in [3.05, 3.63) is 10.6 Å². The van der Waals surface area contributed by atoms with E-state index in [0.717, 1.165) is 10.9 Å². The Bertz CT molecular complexity index is 282. The van der Waals surface area contributed by atoms with Gasteiger partial charge in [0.25, 0.3) is 0 Å². The topological polar surface area (TPSA) is 43.4 Å². The quantitative estimate of drug-likeness (QED) is 0.467. The zero-order valence-corrected chi connectivity index (χ0v) is 7.83. The second-order valence-electron chi connectivity index (χ2n) is 3.02. The van der Waals surface area contributed by atoms with Gasteiger partial charge in [-0.15, -0.1) is 0 Å². The maximum Gasteiger partial charge on any atom is 0.321 e. The molecule has 0 bridgehead atoms. The standard InChI is InChI=1S/C8H7BrO3/c9-4-1-2-5-6(3-4)8(11)12-7(5)10/h3,5-6H,1-2H2. The lowest BCUT2D eigenvalue weighted by Crippen LogP contribution is -2.19. The van der Waals surface area contributed by atoms with E-state index in [-0.39, 0.29) is 17.8 Å². The van der Waals surface area contributed by atoms with Gasteiger partial charge < -0.3 is 4.74 Å². The predicted molar refractivity (Wildman–Crippen MR) is 44.3 cm³/mol. The largest absolute Gasteiger partial charge is 0.392 e. The van der Waals surface area contributed by atoms with Crippen molar-refractivity contribution in [2.24, 2.45) is 11.8 Å². The van der Waals surface area contributed by atoms with Crippen LogP contribution < -0.4 is 0 Å². The van der Waals surface area contributed by atoms with E-state index in [1.807, 2.05) is 0 Å². The summed E-state index contributed by atoms with van der Waals surface area (Å²) >= 11 is 3.31. The van der Waals surface area contributed by atoms with E-state index in [9.17, 15) is 9.59 Å². The van der Waals surface area contributed by atoms with Crippen LogP contribution in [0.3, 0.4) is 0 Å². The van der Waals surface area contributed by atoms with E-state index in [4.69, 9.17) is 0 Å². The Labute approximate surface area is 77.9 Å². The maximum atomic E-state index is 11.1. The van der Waals surface area contributed by atoms with E-state index in [2.05, 4.69) is 20.7 Å². The van der Waals surface area contributed by atoms with Gasteiger partial charge in [-0.2, -0.15) is 0 Å². The third-order valence-corrected chi connectivity index (χ3v) is 2.92. The molecular formula is C8H7BrO3. The number of fused-ring (bicyclic) bond motifs is 1. The number of cyclic esters (lactones) is 2. The summed E-state index contributed by atoms with van der Waals surface area (Å²) in [6.07, 6.45) is 3.32. The molecule has 2 atom stereocenters. The molecule has 0 N–H and O–H groups in total. The molecule has 0 saturated carbocycles. The number of carbonyl (C=O) groups is 2. The Morgan fingerprint density at radius 1 is 1.42 bits per heavy atom. The monoisotopic (exact) mass is 230 g/mol. The first-order valence-corrected chi connectivity index (χ1v) is 4.59. The second-order valence-corrected chi connectivity index (χ2v) is 4.04. The van der Waals surface area contributed by atoms with Gasteiger partial charge in [-0.3, -0.25) is 9.59 Å². The number of allylic oxidation sites excluding steroid dienone is 1. The summed E-state index contributed by atoms with van der Waals surface area (Å²) in [6.45, 7) is 0. The predicted octanol–water partition coefficient (Wildman–Crippen LogP) is 1.37. The van der Waals surface area contributed by atoms with Crippen LogP contribution in [0.15, 0.2) is 10.6 Å². The summed E-state index contributed by atoms with van der Waals surface area (Å²) < 4.78 is 5.51. The summed E-state index contributed by atoms with van der Waals surface area (Å²) in [4.78, 5) is 22.1. The van der Waals surface area contributed by atoms with Gasteiger partial charge in [0, 0.05) is 0 Å². The van der Waals surface area contributed by atoms with Crippen molar-refractivity contribution >= 4 is 27.9 Å². The van der Waals surface area contributed by atoms with Crippen LogP contribution in [0.2, 0.25) is 0 Å². The average Bonchev–Trinajstić information content (AvgIpc) is 2.28. The zero-order valence-electron chi connectivity index (χ0n) is 6.25. The third kappa shape index (κ3) is 1.10. The van der Waals surface area contributed by atoms with Crippen LogP contribution in [-0.2, 0) is 14.3 Å². The molecule has 0 aromatic heterocycles. The lowest BCUT2D eigenvalue weighted by molar-refractivity contribution is -0.153. The van der Waals surface area contributed by atoms with Crippen molar-refractivity contribution in [2.45, 2.75) is 12.8 Å². The Morgan fingerprint density at radius 2 is 2.17 bits per heavy atom.